The maximum atomic E-state index is 13.4. The zero-order valence-electron chi connectivity index (χ0n) is 17.2. The predicted octanol–water partition coefficient (Wildman–Crippen LogP) is 1.29. The molecule has 31 heavy (non-hydrogen) atoms. The molecule has 10 heteroatoms. The van der Waals surface area contributed by atoms with Gasteiger partial charge in [-0.05, 0) is 41.5 Å². The van der Waals surface area contributed by atoms with E-state index in [1.165, 1.54) is 4.31 Å². The van der Waals surface area contributed by atoms with Crippen LogP contribution in [0.2, 0.25) is 0 Å². The van der Waals surface area contributed by atoms with Gasteiger partial charge >= 0.3 is 0 Å². The third-order valence-corrected chi connectivity index (χ3v) is 7.83. The molecule has 4 rings (SSSR count). The van der Waals surface area contributed by atoms with Gasteiger partial charge in [0.15, 0.2) is 0 Å². The van der Waals surface area contributed by atoms with E-state index in [9.17, 15) is 13.2 Å². The number of anilines is 2. The summed E-state index contributed by atoms with van der Waals surface area (Å²) in [6, 6.07) is 12.0. The lowest BCUT2D eigenvalue weighted by molar-refractivity contribution is -0.118. The number of carbonyl (C=O) groups is 1. The SMILES string of the molecule is COc1ccc(NCc2ccc3c(c2)C(S(=O)(=O)N2CCOCC2)C(C(N)=O)N3)cc1. The van der Waals surface area contributed by atoms with Crippen LogP contribution in [0, 0.1) is 0 Å². The Morgan fingerprint density at radius 2 is 1.94 bits per heavy atom. The molecule has 2 aliphatic heterocycles. The van der Waals surface area contributed by atoms with Crippen molar-refractivity contribution in [2.45, 2.75) is 17.8 Å². The molecule has 2 unspecified atom stereocenters. The van der Waals surface area contributed by atoms with E-state index in [1.807, 2.05) is 36.4 Å². The molecule has 166 valence electrons. The zero-order valence-corrected chi connectivity index (χ0v) is 18.0. The lowest BCUT2D eigenvalue weighted by Gasteiger charge is -2.30. The number of morpholine rings is 1. The molecule has 9 nitrogen and oxygen atoms in total. The molecule has 2 aromatic rings. The Hall–Kier alpha value is -2.82. The van der Waals surface area contributed by atoms with E-state index in [1.54, 1.807) is 13.2 Å². The molecule has 0 aromatic heterocycles. The Morgan fingerprint density at radius 1 is 1.23 bits per heavy atom. The third-order valence-electron chi connectivity index (χ3n) is 5.58. The number of nitrogens with two attached hydrogens (primary N) is 1. The number of methoxy groups -OCH3 is 1. The molecule has 4 N–H and O–H groups in total. The van der Waals surface area contributed by atoms with Crippen molar-refractivity contribution in [1.82, 2.24) is 4.31 Å². The molecule has 0 radical (unpaired) electrons. The van der Waals surface area contributed by atoms with Gasteiger partial charge in [-0.15, -0.1) is 0 Å². The van der Waals surface area contributed by atoms with Crippen LogP contribution in [-0.2, 0) is 26.1 Å². The molecule has 1 amide bonds. The minimum Gasteiger partial charge on any atom is -0.497 e. The van der Waals surface area contributed by atoms with Gasteiger partial charge in [-0.25, -0.2) is 8.42 Å². The van der Waals surface area contributed by atoms with E-state index in [0.717, 1.165) is 17.0 Å². The summed E-state index contributed by atoms with van der Waals surface area (Å²) in [6.45, 7) is 1.68. The zero-order chi connectivity index (χ0) is 22.0. The molecule has 1 saturated heterocycles. The number of carbonyl (C=O) groups excluding carboxylic acids is 1. The van der Waals surface area contributed by atoms with E-state index in [0.29, 0.717) is 31.0 Å². The van der Waals surface area contributed by atoms with E-state index >= 15 is 0 Å². The maximum absolute atomic E-state index is 13.4. The van der Waals surface area contributed by atoms with Crippen LogP contribution in [-0.4, -0.2) is 58.1 Å². The quantitative estimate of drug-likeness (QED) is 0.586. The first-order valence-electron chi connectivity index (χ1n) is 10.0. The summed E-state index contributed by atoms with van der Waals surface area (Å²) in [6.07, 6.45) is 0. The number of nitrogens with zero attached hydrogens (tertiary/aromatic N) is 1. The molecule has 0 spiro atoms. The maximum Gasteiger partial charge on any atom is 0.241 e. The second-order valence-electron chi connectivity index (χ2n) is 7.50. The first kappa shape index (κ1) is 21.4. The lowest BCUT2D eigenvalue weighted by atomic mass is 10.1. The smallest absolute Gasteiger partial charge is 0.241 e. The van der Waals surface area contributed by atoms with Gasteiger partial charge in [0.25, 0.3) is 0 Å². The first-order valence-corrected chi connectivity index (χ1v) is 11.5. The summed E-state index contributed by atoms with van der Waals surface area (Å²) >= 11 is 0. The fraction of sp³-hybridized carbons (Fsp3) is 0.381. The van der Waals surface area contributed by atoms with Gasteiger partial charge in [-0.2, -0.15) is 4.31 Å². The van der Waals surface area contributed by atoms with Gasteiger partial charge in [0, 0.05) is 31.0 Å². The summed E-state index contributed by atoms with van der Waals surface area (Å²) in [7, 11) is -2.19. The summed E-state index contributed by atoms with van der Waals surface area (Å²) in [4.78, 5) is 12.1. The average molecular weight is 447 g/mol. The molecule has 1 fully saturated rings. The number of nitrogens with one attached hydrogen (secondary N) is 2. The Bertz CT molecular complexity index is 1050. The number of primary amides is 1. The van der Waals surface area contributed by atoms with Crippen molar-refractivity contribution < 1.29 is 22.7 Å². The summed E-state index contributed by atoms with van der Waals surface area (Å²) < 4.78 is 38.7. The average Bonchev–Trinajstić information content (AvgIpc) is 3.18. The fourth-order valence-electron chi connectivity index (χ4n) is 3.94. The van der Waals surface area contributed by atoms with Gasteiger partial charge < -0.3 is 25.8 Å². The van der Waals surface area contributed by atoms with E-state index < -0.39 is 27.2 Å². The van der Waals surface area contributed by atoms with Crippen LogP contribution in [0.4, 0.5) is 11.4 Å². The Morgan fingerprint density at radius 3 is 2.58 bits per heavy atom. The van der Waals surface area contributed by atoms with Crippen molar-refractivity contribution in [2.24, 2.45) is 5.73 Å². The number of rotatable bonds is 7. The minimum absolute atomic E-state index is 0.262. The van der Waals surface area contributed by atoms with Crippen LogP contribution >= 0.6 is 0 Å². The lowest BCUT2D eigenvalue weighted by Crippen LogP contribution is -2.47. The van der Waals surface area contributed by atoms with Gasteiger partial charge in [0.2, 0.25) is 15.9 Å². The Balaban J connectivity index is 1.59. The Kier molecular flexibility index (Phi) is 6.03. The van der Waals surface area contributed by atoms with Gasteiger partial charge in [0.05, 0.1) is 20.3 Å². The standard InChI is InChI=1S/C21H26N4O5S/c1-29-16-5-3-15(4-6-16)23-13-14-2-7-18-17(12-14)20(19(24-18)21(22)26)31(27,28)25-8-10-30-11-9-25/h2-7,12,19-20,23-24H,8-11,13H2,1H3,(H2,22,26). The number of ether oxygens (including phenoxy) is 2. The monoisotopic (exact) mass is 446 g/mol. The van der Waals surface area contributed by atoms with Crippen molar-refractivity contribution in [2.75, 3.05) is 44.0 Å². The van der Waals surface area contributed by atoms with Crippen molar-refractivity contribution in [3.8, 4) is 5.75 Å². The second kappa shape index (κ2) is 8.74. The second-order valence-corrected chi connectivity index (χ2v) is 9.56. The number of amides is 1. The molecule has 2 aliphatic rings. The van der Waals surface area contributed by atoms with Crippen molar-refractivity contribution in [1.29, 1.82) is 0 Å². The number of hydrogen-bond acceptors (Lipinski definition) is 7. The van der Waals surface area contributed by atoms with Crippen LogP contribution in [0.3, 0.4) is 0 Å². The minimum atomic E-state index is -3.81. The highest BCUT2D eigenvalue weighted by Crippen LogP contribution is 2.41. The molecule has 0 aliphatic carbocycles. The highest BCUT2D eigenvalue weighted by molar-refractivity contribution is 7.89. The van der Waals surface area contributed by atoms with Gasteiger partial charge in [0.1, 0.15) is 17.0 Å². The number of hydrogen-bond donors (Lipinski definition) is 3. The molecule has 2 atom stereocenters. The van der Waals surface area contributed by atoms with Crippen LogP contribution < -0.4 is 21.1 Å². The van der Waals surface area contributed by atoms with Gasteiger partial charge in [-0.1, -0.05) is 12.1 Å². The Labute approximate surface area is 181 Å². The van der Waals surface area contributed by atoms with E-state index in [2.05, 4.69) is 10.6 Å². The number of fused-ring (bicyclic) bond motifs is 1. The molecule has 0 saturated carbocycles. The molecule has 2 heterocycles. The summed E-state index contributed by atoms with van der Waals surface area (Å²) in [5.74, 6) is 0.0683. The predicted molar refractivity (Wildman–Crippen MR) is 117 cm³/mol. The van der Waals surface area contributed by atoms with Gasteiger partial charge in [-0.3, -0.25) is 4.79 Å². The van der Waals surface area contributed by atoms with Crippen molar-refractivity contribution in [3.63, 3.8) is 0 Å². The van der Waals surface area contributed by atoms with Crippen molar-refractivity contribution in [3.05, 3.63) is 53.6 Å². The largest absolute Gasteiger partial charge is 0.497 e. The van der Waals surface area contributed by atoms with Crippen LogP contribution in [0.15, 0.2) is 42.5 Å². The fourth-order valence-corrected chi connectivity index (χ4v) is 5.98. The number of sulfonamides is 1. The van der Waals surface area contributed by atoms with Crippen LogP contribution in [0.1, 0.15) is 16.4 Å². The highest BCUT2D eigenvalue weighted by Gasteiger charge is 2.47. The molecule has 0 bridgehead atoms. The molecular weight excluding hydrogens is 420 g/mol. The highest BCUT2D eigenvalue weighted by atomic mass is 32.2. The van der Waals surface area contributed by atoms with E-state index in [-0.39, 0.29) is 13.1 Å². The normalized spacial score (nSPS) is 21.2. The third kappa shape index (κ3) is 4.32. The van der Waals surface area contributed by atoms with Crippen molar-refractivity contribution >= 4 is 27.3 Å². The topological polar surface area (TPSA) is 123 Å². The van der Waals surface area contributed by atoms with E-state index in [4.69, 9.17) is 15.2 Å². The first-order chi connectivity index (χ1) is 14.9. The number of benzene rings is 2. The molecule has 2 aromatic carbocycles. The van der Waals surface area contributed by atoms with Crippen LogP contribution in [0.5, 0.6) is 5.75 Å². The summed E-state index contributed by atoms with van der Waals surface area (Å²) in [5.41, 5.74) is 8.53. The summed E-state index contributed by atoms with van der Waals surface area (Å²) in [5, 5.41) is 5.24. The molecular formula is C21H26N4O5S. The van der Waals surface area contributed by atoms with Crippen LogP contribution in [0.25, 0.3) is 0 Å².